The molecule has 2 aromatic rings. The Labute approximate surface area is 132 Å². The first-order chi connectivity index (χ1) is 10.1. The van der Waals surface area contributed by atoms with Crippen LogP contribution < -0.4 is 14.8 Å². The summed E-state index contributed by atoms with van der Waals surface area (Å²) in [4.78, 5) is 0. The lowest BCUT2D eigenvalue weighted by molar-refractivity contribution is 0.308. The van der Waals surface area contributed by atoms with E-state index >= 15 is 0 Å². The summed E-state index contributed by atoms with van der Waals surface area (Å²) < 4.78 is 24.8. The zero-order chi connectivity index (χ0) is 15.2. The minimum Gasteiger partial charge on any atom is -0.493 e. The van der Waals surface area contributed by atoms with Crippen LogP contribution in [0.1, 0.15) is 12.5 Å². The van der Waals surface area contributed by atoms with Gasteiger partial charge in [-0.2, -0.15) is 0 Å². The van der Waals surface area contributed by atoms with Crippen LogP contribution in [0.25, 0.3) is 0 Å². The molecule has 0 heterocycles. The van der Waals surface area contributed by atoms with Crippen molar-refractivity contribution < 1.29 is 13.9 Å². The molecule has 0 amide bonds. The molecule has 0 aromatic heterocycles. The Morgan fingerprint density at radius 2 is 1.90 bits per heavy atom. The number of benzene rings is 2. The SMILES string of the molecule is CCOc1c(CNc2ccc(F)cc2)cc(Br)cc1OC. The Balaban J connectivity index is 2.21. The molecule has 0 bridgehead atoms. The molecule has 2 rings (SSSR count). The summed E-state index contributed by atoms with van der Waals surface area (Å²) in [5.41, 5.74) is 1.81. The van der Waals surface area contributed by atoms with Gasteiger partial charge in [-0.25, -0.2) is 4.39 Å². The molecule has 21 heavy (non-hydrogen) atoms. The molecule has 5 heteroatoms. The fraction of sp³-hybridized carbons (Fsp3) is 0.250. The molecular weight excluding hydrogens is 337 g/mol. The van der Waals surface area contributed by atoms with Crippen molar-refractivity contribution in [3.63, 3.8) is 0 Å². The summed E-state index contributed by atoms with van der Waals surface area (Å²) in [6, 6.07) is 10.1. The third-order valence-electron chi connectivity index (χ3n) is 2.93. The molecule has 3 nitrogen and oxygen atoms in total. The van der Waals surface area contributed by atoms with Crippen molar-refractivity contribution in [3.05, 3.63) is 52.3 Å². The van der Waals surface area contributed by atoms with Gasteiger partial charge in [0.05, 0.1) is 13.7 Å². The molecule has 0 atom stereocenters. The van der Waals surface area contributed by atoms with E-state index in [9.17, 15) is 4.39 Å². The van der Waals surface area contributed by atoms with Gasteiger partial charge in [0.1, 0.15) is 5.82 Å². The van der Waals surface area contributed by atoms with E-state index in [2.05, 4.69) is 21.2 Å². The first-order valence-electron chi connectivity index (χ1n) is 6.62. The highest BCUT2D eigenvalue weighted by atomic mass is 79.9. The highest BCUT2D eigenvalue weighted by Crippen LogP contribution is 2.35. The first kappa shape index (κ1) is 15.6. The molecule has 0 saturated carbocycles. The highest BCUT2D eigenvalue weighted by Gasteiger charge is 2.12. The van der Waals surface area contributed by atoms with Gasteiger partial charge in [0.25, 0.3) is 0 Å². The van der Waals surface area contributed by atoms with E-state index in [0.717, 1.165) is 21.5 Å². The summed E-state index contributed by atoms with van der Waals surface area (Å²) in [5, 5.41) is 3.24. The zero-order valence-corrected chi connectivity index (χ0v) is 13.5. The highest BCUT2D eigenvalue weighted by molar-refractivity contribution is 9.10. The Bertz CT molecular complexity index is 602. The maximum Gasteiger partial charge on any atom is 0.166 e. The van der Waals surface area contributed by atoms with Gasteiger partial charge < -0.3 is 14.8 Å². The molecule has 0 radical (unpaired) electrons. The Hall–Kier alpha value is -1.75. The third-order valence-corrected chi connectivity index (χ3v) is 3.39. The van der Waals surface area contributed by atoms with E-state index in [1.54, 1.807) is 19.2 Å². The van der Waals surface area contributed by atoms with Crippen LogP contribution in [0.15, 0.2) is 40.9 Å². The van der Waals surface area contributed by atoms with Crippen molar-refractivity contribution in [3.8, 4) is 11.5 Å². The van der Waals surface area contributed by atoms with Crippen LogP contribution in [0.2, 0.25) is 0 Å². The summed E-state index contributed by atoms with van der Waals surface area (Å²) >= 11 is 3.46. The van der Waals surface area contributed by atoms with Crippen LogP contribution >= 0.6 is 15.9 Å². The maximum atomic E-state index is 12.9. The Morgan fingerprint density at radius 1 is 1.19 bits per heavy atom. The number of nitrogens with one attached hydrogen (secondary N) is 1. The molecule has 0 unspecified atom stereocenters. The van der Waals surface area contributed by atoms with Gasteiger partial charge in [0.15, 0.2) is 11.5 Å². The first-order valence-corrected chi connectivity index (χ1v) is 7.42. The molecule has 0 fully saturated rings. The van der Waals surface area contributed by atoms with Gasteiger partial charge in [0, 0.05) is 22.3 Å². The van der Waals surface area contributed by atoms with Crippen molar-refractivity contribution in [1.29, 1.82) is 0 Å². The standard InChI is InChI=1S/C16H17BrFNO2/c1-3-21-16-11(8-12(17)9-15(16)20-2)10-19-14-6-4-13(18)5-7-14/h4-9,19H,3,10H2,1-2H3. The predicted molar refractivity (Wildman–Crippen MR) is 85.6 cm³/mol. The van der Waals surface area contributed by atoms with Gasteiger partial charge in [-0.15, -0.1) is 0 Å². The van der Waals surface area contributed by atoms with Crippen LogP contribution in [0.3, 0.4) is 0 Å². The molecule has 1 N–H and O–H groups in total. The van der Waals surface area contributed by atoms with Gasteiger partial charge in [0.2, 0.25) is 0 Å². The number of methoxy groups -OCH3 is 1. The molecule has 0 aliphatic carbocycles. The van der Waals surface area contributed by atoms with E-state index in [-0.39, 0.29) is 5.82 Å². The van der Waals surface area contributed by atoms with E-state index in [1.165, 1.54) is 12.1 Å². The van der Waals surface area contributed by atoms with Crippen molar-refractivity contribution in [2.75, 3.05) is 19.0 Å². The van der Waals surface area contributed by atoms with Crippen molar-refractivity contribution in [2.45, 2.75) is 13.5 Å². The summed E-state index contributed by atoms with van der Waals surface area (Å²) in [5.74, 6) is 1.15. The maximum absolute atomic E-state index is 12.9. The van der Waals surface area contributed by atoms with Gasteiger partial charge in [-0.05, 0) is 43.3 Å². The van der Waals surface area contributed by atoms with Crippen LogP contribution in [0, 0.1) is 5.82 Å². The summed E-state index contributed by atoms with van der Waals surface area (Å²) in [6.45, 7) is 3.04. The van der Waals surface area contributed by atoms with Crippen molar-refractivity contribution >= 4 is 21.6 Å². The summed E-state index contributed by atoms with van der Waals surface area (Å²) in [7, 11) is 1.61. The number of rotatable bonds is 6. The Kier molecular flexibility index (Phi) is 5.44. The van der Waals surface area contributed by atoms with E-state index in [1.807, 2.05) is 19.1 Å². The number of halogens is 2. The molecule has 112 valence electrons. The fourth-order valence-corrected chi connectivity index (χ4v) is 2.46. The summed E-state index contributed by atoms with van der Waals surface area (Å²) in [6.07, 6.45) is 0. The average molecular weight is 354 g/mol. The largest absolute Gasteiger partial charge is 0.493 e. The normalized spacial score (nSPS) is 10.3. The number of hydrogen-bond donors (Lipinski definition) is 1. The number of ether oxygens (including phenoxy) is 2. The zero-order valence-electron chi connectivity index (χ0n) is 12.0. The lowest BCUT2D eigenvalue weighted by Gasteiger charge is -2.16. The smallest absolute Gasteiger partial charge is 0.166 e. The van der Waals surface area contributed by atoms with Crippen LogP contribution in [0.5, 0.6) is 11.5 Å². The lowest BCUT2D eigenvalue weighted by Crippen LogP contribution is -2.05. The topological polar surface area (TPSA) is 30.5 Å². The van der Waals surface area contributed by atoms with Gasteiger partial charge in [-0.3, -0.25) is 0 Å². The monoisotopic (exact) mass is 353 g/mol. The fourth-order valence-electron chi connectivity index (χ4n) is 1.98. The average Bonchev–Trinajstić information content (AvgIpc) is 2.48. The minimum atomic E-state index is -0.250. The second kappa shape index (κ2) is 7.31. The minimum absolute atomic E-state index is 0.250. The molecule has 2 aromatic carbocycles. The number of anilines is 1. The number of hydrogen-bond acceptors (Lipinski definition) is 3. The molecular formula is C16H17BrFNO2. The third kappa shape index (κ3) is 4.11. The van der Waals surface area contributed by atoms with E-state index in [4.69, 9.17) is 9.47 Å². The Morgan fingerprint density at radius 3 is 2.52 bits per heavy atom. The predicted octanol–water partition coefficient (Wildman–Crippen LogP) is 4.61. The van der Waals surface area contributed by atoms with E-state index in [0.29, 0.717) is 18.9 Å². The van der Waals surface area contributed by atoms with Crippen molar-refractivity contribution in [1.82, 2.24) is 0 Å². The van der Waals surface area contributed by atoms with Gasteiger partial charge >= 0.3 is 0 Å². The molecule has 0 aliphatic heterocycles. The molecule has 0 spiro atoms. The van der Waals surface area contributed by atoms with E-state index < -0.39 is 0 Å². The van der Waals surface area contributed by atoms with Crippen LogP contribution in [-0.2, 0) is 6.54 Å². The molecule has 0 saturated heterocycles. The van der Waals surface area contributed by atoms with Crippen molar-refractivity contribution in [2.24, 2.45) is 0 Å². The van der Waals surface area contributed by atoms with Crippen LogP contribution in [0.4, 0.5) is 10.1 Å². The second-order valence-electron chi connectivity index (χ2n) is 4.39. The second-order valence-corrected chi connectivity index (χ2v) is 5.31. The quantitative estimate of drug-likeness (QED) is 0.822. The van der Waals surface area contributed by atoms with Gasteiger partial charge in [-0.1, -0.05) is 15.9 Å². The molecule has 0 aliphatic rings. The lowest BCUT2D eigenvalue weighted by atomic mass is 10.1. The van der Waals surface area contributed by atoms with Crippen LogP contribution in [-0.4, -0.2) is 13.7 Å².